The van der Waals surface area contributed by atoms with E-state index in [1.165, 1.54) is 11.3 Å². The number of benzene rings is 2. The molecule has 30 heavy (non-hydrogen) atoms. The van der Waals surface area contributed by atoms with Crippen LogP contribution in [-0.2, 0) is 4.79 Å². The topological polar surface area (TPSA) is 71.5 Å². The molecule has 0 atom stereocenters. The molecule has 1 aromatic heterocycles. The summed E-state index contributed by atoms with van der Waals surface area (Å²) in [6.45, 7) is 3.03. The van der Waals surface area contributed by atoms with E-state index in [0.717, 1.165) is 11.4 Å². The minimum Gasteiger partial charge on any atom is -0.457 e. The molecule has 0 spiro atoms. The first-order chi connectivity index (χ1) is 14.6. The molecule has 2 heterocycles. The van der Waals surface area contributed by atoms with Gasteiger partial charge in [0.05, 0.1) is 5.69 Å². The normalized spacial score (nSPS) is 14.4. The van der Waals surface area contributed by atoms with Crippen LogP contribution >= 0.6 is 11.3 Å². The number of anilines is 1. The van der Waals surface area contributed by atoms with E-state index in [1.807, 2.05) is 47.5 Å². The molecule has 0 unspecified atom stereocenters. The Bertz CT molecular complexity index is 1010. The Morgan fingerprint density at radius 3 is 2.33 bits per heavy atom. The van der Waals surface area contributed by atoms with Crippen LogP contribution in [0.3, 0.4) is 0 Å². The van der Waals surface area contributed by atoms with E-state index in [2.05, 4.69) is 10.3 Å². The van der Waals surface area contributed by atoms with Crippen LogP contribution in [0.4, 0.5) is 5.13 Å². The van der Waals surface area contributed by atoms with Gasteiger partial charge in [-0.15, -0.1) is 11.3 Å². The average molecular weight is 422 g/mol. The fourth-order valence-electron chi connectivity index (χ4n) is 3.44. The van der Waals surface area contributed by atoms with Crippen LogP contribution in [0.2, 0.25) is 0 Å². The lowest BCUT2D eigenvalue weighted by atomic mass is 9.95. The second kappa shape index (κ2) is 9.09. The standard InChI is InChI=1S/C23H23N3O3S/c1-16-15-30-23(24-16)25-21(27)17-11-13-26(14-12-17)22(28)18-7-9-20(10-8-18)29-19-5-3-2-4-6-19/h2-10,15,17H,11-14H2,1H3,(H,24,25,27). The number of hydrogen-bond acceptors (Lipinski definition) is 5. The Balaban J connectivity index is 1.30. The summed E-state index contributed by atoms with van der Waals surface area (Å²) in [4.78, 5) is 31.3. The highest BCUT2D eigenvalue weighted by molar-refractivity contribution is 7.13. The first kappa shape index (κ1) is 20.1. The second-order valence-corrected chi connectivity index (χ2v) is 8.15. The van der Waals surface area contributed by atoms with E-state index in [0.29, 0.717) is 42.4 Å². The van der Waals surface area contributed by atoms with Crippen molar-refractivity contribution >= 4 is 28.3 Å². The van der Waals surface area contributed by atoms with Crippen LogP contribution in [0.5, 0.6) is 11.5 Å². The highest BCUT2D eigenvalue weighted by Crippen LogP contribution is 2.24. The molecule has 0 saturated carbocycles. The number of hydrogen-bond donors (Lipinski definition) is 1. The molecule has 0 bridgehead atoms. The summed E-state index contributed by atoms with van der Waals surface area (Å²) in [5, 5.41) is 5.43. The van der Waals surface area contributed by atoms with E-state index in [9.17, 15) is 9.59 Å². The molecule has 1 saturated heterocycles. The number of likely N-dealkylation sites (tertiary alicyclic amines) is 1. The Morgan fingerprint density at radius 1 is 1.03 bits per heavy atom. The molecule has 7 heteroatoms. The molecular weight excluding hydrogens is 398 g/mol. The zero-order valence-electron chi connectivity index (χ0n) is 16.7. The van der Waals surface area contributed by atoms with Gasteiger partial charge in [0, 0.05) is 30.0 Å². The van der Waals surface area contributed by atoms with Crippen molar-refractivity contribution in [3.05, 3.63) is 71.2 Å². The minimum atomic E-state index is -0.0973. The van der Waals surface area contributed by atoms with Gasteiger partial charge >= 0.3 is 0 Å². The molecular formula is C23H23N3O3S. The van der Waals surface area contributed by atoms with E-state index < -0.39 is 0 Å². The van der Waals surface area contributed by atoms with Crippen molar-refractivity contribution in [1.82, 2.24) is 9.88 Å². The summed E-state index contributed by atoms with van der Waals surface area (Å²) < 4.78 is 5.78. The molecule has 1 aliphatic heterocycles. The number of nitrogens with zero attached hydrogens (tertiary/aromatic N) is 2. The molecule has 2 aromatic carbocycles. The number of ether oxygens (including phenoxy) is 1. The van der Waals surface area contributed by atoms with Gasteiger partial charge in [0.1, 0.15) is 11.5 Å². The van der Waals surface area contributed by atoms with Crippen molar-refractivity contribution in [2.75, 3.05) is 18.4 Å². The van der Waals surface area contributed by atoms with Crippen LogP contribution in [0.1, 0.15) is 28.9 Å². The summed E-state index contributed by atoms with van der Waals surface area (Å²) in [5.41, 5.74) is 1.52. The number of aromatic nitrogens is 1. The van der Waals surface area contributed by atoms with Gasteiger partial charge in [-0.2, -0.15) is 0 Å². The number of aryl methyl sites for hydroxylation is 1. The fourth-order valence-corrected chi connectivity index (χ4v) is 4.13. The van der Waals surface area contributed by atoms with Crippen molar-refractivity contribution in [3.8, 4) is 11.5 Å². The summed E-state index contributed by atoms with van der Waals surface area (Å²) >= 11 is 1.43. The number of piperidine rings is 1. The van der Waals surface area contributed by atoms with Gasteiger partial charge < -0.3 is 15.0 Å². The third-order valence-electron chi connectivity index (χ3n) is 5.08. The predicted octanol–water partition coefficient (Wildman–Crippen LogP) is 4.73. The summed E-state index contributed by atoms with van der Waals surface area (Å²) in [5.74, 6) is 1.31. The SMILES string of the molecule is Cc1csc(NC(=O)C2CCN(C(=O)c3ccc(Oc4ccccc4)cc3)CC2)n1. The maximum atomic E-state index is 12.8. The van der Waals surface area contributed by atoms with Crippen LogP contribution < -0.4 is 10.1 Å². The number of thiazole rings is 1. The zero-order valence-corrected chi connectivity index (χ0v) is 17.5. The lowest BCUT2D eigenvalue weighted by molar-refractivity contribution is -0.121. The monoisotopic (exact) mass is 421 g/mol. The minimum absolute atomic E-state index is 0.0149. The van der Waals surface area contributed by atoms with Gasteiger partial charge in [0.15, 0.2) is 5.13 Å². The Kier molecular flexibility index (Phi) is 6.09. The van der Waals surface area contributed by atoms with Crippen LogP contribution in [0, 0.1) is 12.8 Å². The van der Waals surface area contributed by atoms with Gasteiger partial charge in [-0.1, -0.05) is 18.2 Å². The molecule has 154 valence electrons. The number of carbonyl (C=O) groups excluding carboxylic acids is 2. The molecule has 0 aliphatic carbocycles. The summed E-state index contributed by atoms with van der Waals surface area (Å²) in [6, 6.07) is 16.7. The first-order valence-electron chi connectivity index (χ1n) is 9.94. The number of rotatable bonds is 5. The highest BCUT2D eigenvalue weighted by atomic mass is 32.1. The fraction of sp³-hybridized carbons (Fsp3) is 0.261. The largest absolute Gasteiger partial charge is 0.457 e. The smallest absolute Gasteiger partial charge is 0.253 e. The van der Waals surface area contributed by atoms with Crippen molar-refractivity contribution in [1.29, 1.82) is 0 Å². The van der Waals surface area contributed by atoms with E-state index in [4.69, 9.17) is 4.74 Å². The maximum absolute atomic E-state index is 12.8. The Hall–Kier alpha value is -3.19. The molecule has 1 N–H and O–H groups in total. The lowest BCUT2D eigenvalue weighted by Crippen LogP contribution is -2.41. The lowest BCUT2D eigenvalue weighted by Gasteiger charge is -2.31. The van der Waals surface area contributed by atoms with Crippen LogP contribution in [0.15, 0.2) is 60.0 Å². The summed E-state index contributed by atoms with van der Waals surface area (Å²) in [6.07, 6.45) is 1.30. The van der Waals surface area contributed by atoms with Gasteiger partial charge in [0.25, 0.3) is 5.91 Å². The molecule has 2 amide bonds. The van der Waals surface area contributed by atoms with E-state index in [1.54, 1.807) is 24.3 Å². The molecule has 4 rings (SSSR count). The van der Waals surface area contributed by atoms with Crippen molar-refractivity contribution < 1.29 is 14.3 Å². The quantitative estimate of drug-likeness (QED) is 0.646. The number of amides is 2. The maximum Gasteiger partial charge on any atom is 0.253 e. The number of carbonyl (C=O) groups is 2. The molecule has 1 aliphatic rings. The van der Waals surface area contributed by atoms with E-state index >= 15 is 0 Å². The van der Waals surface area contributed by atoms with Gasteiger partial charge in [-0.3, -0.25) is 9.59 Å². The van der Waals surface area contributed by atoms with Crippen LogP contribution in [-0.4, -0.2) is 34.8 Å². The number of nitrogens with one attached hydrogen (secondary N) is 1. The highest BCUT2D eigenvalue weighted by Gasteiger charge is 2.28. The summed E-state index contributed by atoms with van der Waals surface area (Å²) in [7, 11) is 0. The molecule has 3 aromatic rings. The second-order valence-electron chi connectivity index (χ2n) is 7.29. The Morgan fingerprint density at radius 2 is 1.70 bits per heavy atom. The Labute approximate surface area is 179 Å². The van der Waals surface area contributed by atoms with Crippen molar-refractivity contribution in [2.24, 2.45) is 5.92 Å². The third-order valence-corrected chi connectivity index (χ3v) is 5.96. The predicted molar refractivity (Wildman–Crippen MR) is 117 cm³/mol. The third kappa shape index (κ3) is 4.86. The number of para-hydroxylation sites is 1. The van der Waals surface area contributed by atoms with Gasteiger partial charge in [0.2, 0.25) is 5.91 Å². The average Bonchev–Trinajstić information content (AvgIpc) is 3.19. The van der Waals surface area contributed by atoms with Gasteiger partial charge in [-0.05, 0) is 56.2 Å². The van der Waals surface area contributed by atoms with Crippen molar-refractivity contribution in [2.45, 2.75) is 19.8 Å². The zero-order chi connectivity index (χ0) is 20.9. The first-order valence-corrected chi connectivity index (χ1v) is 10.8. The molecule has 1 fully saturated rings. The molecule has 6 nitrogen and oxygen atoms in total. The van der Waals surface area contributed by atoms with Gasteiger partial charge in [-0.25, -0.2) is 4.98 Å². The van der Waals surface area contributed by atoms with Crippen LogP contribution in [0.25, 0.3) is 0 Å². The molecule has 0 radical (unpaired) electrons. The van der Waals surface area contributed by atoms with E-state index in [-0.39, 0.29) is 17.7 Å². The van der Waals surface area contributed by atoms with Crippen molar-refractivity contribution in [3.63, 3.8) is 0 Å².